The monoisotopic (exact) mass is 255 g/mol. The minimum atomic E-state index is 0.237. The van der Waals surface area contributed by atoms with E-state index in [1.807, 2.05) is 30.6 Å². The summed E-state index contributed by atoms with van der Waals surface area (Å²) >= 11 is 0. The normalized spacial score (nSPS) is 12.9. The van der Waals surface area contributed by atoms with Gasteiger partial charge in [-0.15, -0.1) is 0 Å². The topological polar surface area (TPSA) is 43.0 Å². The van der Waals surface area contributed by atoms with Crippen molar-refractivity contribution in [2.24, 2.45) is 0 Å². The van der Waals surface area contributed by atoms with Gasteiger partial charge in [0.1, 0.15) is 0 Å². The van der Waals surface area contributed by atoms with Crippen LogP contribution < -0.4 is 5.32 Å². The zero-order valence-corrected chi connectivity index (χ0v) is 10.9. The standard InChI is InChI=1S/C15H17N3O/c1-2-16-14(12-7-8-19-10-12)9-18-11-17-13-5-3-4-6-15(13)18/h3-8,10-11,14,16H,2,9H2,1H3. The molecule has 2 aromatic heterocycles. The summed E-state index contributed by atoms with van der Waals surface area (Å²) in [6.07, 6.45) is 5.41. The zero-order valence-electron chi connectivity index (χ0n) is 10.9. The molecule has 3 rings (SSSR count). The Bertz CT molecular complexity index is 642. The molecule has 4 heteroatoms. The Kier molecular flexibility index (Phi) is 3.33. The van der Waals surface area contributed by atoms with Crippen molar-refractivity contribution in [2.75, 3.05) is 6.54 Å². The van der Waals surface area contributed by atoms with Crippen LogP contribution in [0.25, 0.3) is 11.0 Å². The van der Waals surface area contributed by atoms with Crippen molar-refractivity contribution in [3.63, 3.8) is 0 Å². The summed E-state index contributed by atoms with van der Waals surface area (Å²) in [7, 11) is 0. The van der Waals surface area contributed by atoms with Gasteiger partial charge < -0.3 is 14.3 Å². The van der Waals surface area contributed by atoms with Crippen LogP contribution in [0, 0.1) is 0 Å². The van der Waals surface area contributed by atoms with Crippen molar-refractivity contribution >= 4 is 11.0 Å². The molecule has 2 heterocycles. The Morgan fingerprint density at radius 1 is 1.32 bits per heavy atom. The highest BCUT2D eigenvalue weighted by molar-refractivity contribution is 5.74. The summed E-state index contributed by atoms with van der Waals surface area (Å²) in [6, 6.07) is 10.4. The lowest BCUT2D eigenvalue weighted by molar-refractivity contribution is 0.472. The first-order chi connectivity index (χ1) is 9.38. The van der Waals surface area contributed by atoms with Gasteiger partial charge in [0, 0.05) is 12.1 Å². The number of benzene rings is 1. The lowest BCUT2D eigenvalue weighted by Crippen LogP contribution is -2.24. The number of rotatable bonds is 5. The minimum Gasteiger partial charge on any atom is -0.472 e. The second kappa shape index (κ2) is 5.28. The fourth-order valence-electron chi connectivity index (χ4n) is 2.36. The maximum absolute atomic E-state index is 5.18. The molecule has 0 radical (unpaired) electrons. The highest BCUT2D eigenvalue weighted by Gasteiger charge is 2.13. The summed E-state index contributed by atoms with van der Waals surface area (Å²) in [5.41, 5.74) is 3.36. The first kappa shape index (κ1) is 12.0. The number of nitrogens with one attached hydrogen (secondary N) is 1. The maximum Gasteiger partial charge on any atom is 0.0958 e. The van der Waals surface area contributed by atoms with Crippen molar-refractivity contribution in [3.05, 3.63) is 54.7 Å². The van der Waals surface area contributed by atoms with Gasteiger partial charge >= 0.3 is 0 Å². The van der Waals surface area contributed by atoms with Gasteiger partial charge in [-0.25, -0.2) is 4.98 Å². The molecule has 0 fully saturated rings. The number of likely N-dealkylation sites (N-methyl/N-ethyl adjacent to an activating group) is 1. The van der Waals surface area contributed by atoms with Crippen molar-refractivity contribution in [3.8, 4) is 0 Å². The van der Waals surface area contributed by atoms with E-state index in [4.69, 9.17) is 4.42 Å². The first-order valence-electron chi connectivity index (χ1n) is 6.54. The molecule has 0 bridgehead atoms. The number of hydrogen-bond donors (Lipinski definition) is 1. The Balaban J connectivity index is 1.89. The van der Waals surface area contributed by atoms with Gasteiger partial charge in [-0.3, -0.25) is 0 Å². The van der Waals surface area contributed by atoms with Crippen LogP contribution in [0.2, 0.25) is 0 Å². The number of furan rings is 1. The number of hydrogen-bond acceptors (Lipinski definition) is 3. The molecule has 4 nitrogen and oxygen atoms in total. The Hall–Kier alpha value is -2.07. The smallest absolute Gasteiger partial charge is 0.0958 e. The number of para-hydroxylation sites is 2. The summed E-state index contributed by atoms with van der Waals surface area (Å²) in [6.45, 7) is 3.87. The van der Waals surface area contributed by atoms with E-state index in [-0.39, 0.29) is 6.04 Å². The van der Waals surface area contributed by atoms with E-state index in [1.54, 1.807) is 12.5 Å². The number of nitrogens with zero attached hydrogens (tertiary/aromatic N) is 2. The molecule has 0 aliphatic heterocycles. The summed E-state index contributed by atoms with van der Waals surface area (Å²) in [5.74, 6) is 0. The average molecular weight is 255 g/mol. The van der Waals surface area contributed by atoms with E-state index < -0.39 is 0 Å². The van der Waals surface area contributed by atoms with Crippen LogP contribution in [-0.4, -0.2) is 16.1 Å². The third-order valence-electron chi connectivity index (χ3n) is 3.30. The van der Waals surface area contributed by atoms with Crippen LogP contribution in [0.15, 0.2) is 53.6 Å². The van der Waals surface area contributed by atoms with Gasteiger partial charge in [0.05, 0.1) is 35.9 Å². The van der Waals surface area contributed by atoms with Gasteiger partial charge in [-0.05, 0) is 24.7 Å². The van der Waals surface area contributed by atoms with E-state index >= 15 is 0 Å². The first-order valence-corrected chi connectivity index (χ1v) is 6.54. The number of imidazole rings is 1. The predicted octanol–water partition coefficient (Wildman–Crippen LogP) is 2.98. The van der Waals surface area contributed by atoms with Crippen molar-refractivity contribution in [1.82, 2.24) is 14.9 Å². The quantitative estimate of drug-likeness (QED) is 0.762. The molecule has 0 saturated carbocycles. The van der Waals surface area contributed by atoms with Gasteiger partial charge in [-0.2, -0.15) is 0 Å². The second-order valence-electron chi connectivity index (χ2n) is 4.55. The van der Waals surface area contributed by atoms with Crippen LogP contribution >= 0.6 is 0 Å². The molecule has 1 atom stereocenters. The molecule has 1 unspecified atom stereocenters. The van der Waals surface area contributed by atoms with Crippen LogP contribution in [0.4, 0.5) is 0 Å². The Morgan fingerprint density at radius 3 is 3.00 bits per heavy atom. The van der Waals surface area contributed by atoms with E-state index in [9.17, 15) is 0 Å². The molecule has 0 aliphatic rings. The molecule has 3 aromatic rings. The lowest BCUT2D eigenvalue weighted by atomic mass is 10.1. The molecule has 19 heavy (non-hydrogen) atoms. The highest BCUT2D eigenvalue weighted by atomic mass is 16.3. The Morgan fingerprint density at radius 2 is 2.21 bits per heavy atom. The molecular weight excluding hydrogens is 238 g/mol. The van der Waals surface area contributed by atoms with Crippen LogP contribution in [0.3, 0.4) is 0 Å². The fraction of sp³-hybridized carbons (Fsp3) is 0.267. The molecule has 0 spiro atoms. The second-order valence-corrected chi connectivity index (χ2v) is 4.55. The van der Waals surface area contributed by atoms with Crippen LogP contribution in [0.5, 0.6) is 0 Å². The van der Waals surface area contributed by atoms with E-state index in [2.05, 4.69) is 27.9 Å². The van der Waals surface area contributed by atoms with Gasteiger partial charge in [0.25, 0.3) is 0 Å². The van der Waals surface area contributed by atoms with Gasteiger partial charge in [0.2, 0.25) is 0 Å². The fourth-order valence-corrected chi connectivity index (χ4v) is 2.36. The Labute approximate surface area is 112 Å². The van der Waals surface area contributed by atoms with Crippen molar-refractivity contribution < 1.29 is 4.42 Å². The summed E-state index contributed by atoms with van der Waals surface area (Å²) in [4.78, 5) is 4.42. The average Bonchev–Trinajstić information content (AvgIpc) is 3.08. The molecule has 1 aromatic carbocycles. The summed E-state index contributed by atoms with van der Waals surface area (Å²) in [5, 5.41) is 3.48. The maximum atomic E-state index is 5.18. The minimum absolute atomic E-state index is 0.237. The number of aromatic nitrogens is 2. The SMILES string of the molecule is CCNC(Cn1cnc2ccccc21)c1ccoc1. The molecular formula is C15H17N3O. The zero-order chi connectivity index (χ0) is 13.1. The summed E-state index contributed by atoms with van der Waals surface area (Å²) < 4.78 is 7.36. The van der Waals surface area contributed by atoms with Crippen LogP contribution in [-0.2, 0) is 6.54 Å². The molecule has 0 aliphatic carbocycles. The van der Waals surface area contributed by atoms with E-state index in [0.29, 0.717) is 0 Å². The van der Waals surface area contributed by atoms with E-state index in [1.165, 1.54) is 5.56 Å². The third-order valence-corrected chi connectivity index (χ3v) is 3.30. The largest absolute Gasteiger partial charge is 0.472 e. The molecule has 98 valence electrons. The third kappa shape index (κ3) is 2.39. The van der Waals surface area contributed by atoms with Gasteiger partial charge in [-0.1, -0.05) is 19.1 Å². The highest BCUT2D eigenvalue weighted by Crippen LogP contribution is 2.19. The van der Waals surface area contributed by atoms with Crippen molar-refractivity contribution in [2.45, 2.75) is 19.5 Å². The van der Waals surface area contributed by atoms with Crippen molar-refractivity contribution in [1.29, 1.82) is 0 Å². The van der Waals surface area contributed by atoms with Crippen LogP contribution in [0.1, 0.15) is 18.5 Å². The molecule has 0 amide bonds. The van der Waals surface area contributed by atoms with E-state index in [0.717, 1.165) is 24.1 Å². The lowest BCUT2D eigenvalue weighted by Gasteiger charge is -2.17. The number of fused-ring (bicyclic) bond motifs is 1. The molecule has 1 N–H and O–H groups in total. The van der Waals surface area contributed by atoms with Gasteiger partial charge in [0.15, 0.2) is 0 Å². The molecule has 0 saturated heterocycles. The predicted molar refractivity (Wildman–Crippen MR) is 74.9 cm³/mol.